The van der Waals surface area contributed by atoms with Gasteiger partial charge >= 0.3 is 0 Å². The van der Waals surface area contributed by atoms with Crippen molar-refractivity contribution in [2.45, 2.75) is 38.3 Å². The number of nitro benzene ring substituents is 1. The number of anilines is 2. The molecule has 7 heteroatoms. The average molecular weight is 290 g/mol. The van der Waals surface area contributed by atoms with E-state index in [1.165, 1.54) is 6.07 Å². The number of hydrogen-bond acceptors (Lipinski definition) is 5. The van der Waals surface area contributed by atoms with Crippen LogP contribution in [0.1, 0.15) is 25.3 Å². The predicted molar refractivity (Wildman–Crippen MR) is 79.5 cm³/mol. The van der Waals surface area contributed by atoms with Gasteiger partial charge in [0.25, 0.3) is 5.69 Å². The monoisotopic (exact) mass is 290 g/mol. The number of nitro groups is 1. The summed E-state index contributed by atoms with van der Waals surface area (Å²) in [6.45, 7) is 3.00. The summed E-state index contributed by atoms with van der Waals surface area (Å²) in [5.74, 6) is -0.119. The second kappa shape index (κ2) is 5.33. The van der Waals surface area contributed by atoms with Crippen LogP contribution < -0.4 is 16.0 Å². The van der Waals surface area contributed by atoms with Crippen LogP contribution in [0.3, 0.4) is 0 Å². The summed E-state index contributed by atoms with van der Waals surface area (Å²) in [5.41, 5.74) is 1.89. The molecule has 2 aliphatic rings. The highest BCUT2D eigenvalue weighted by Gasteiger charge is 2.26. The first-order chi connectivity index (χ1) is 10.0. The Balaban J connectivity index is 1.88. The van der Waals surface area contributed by atoms with Crippen LogP contribution in [0.25, 0.3) is 0 Å². The van der Waals surface area contributed by atoms with Crippen LogP contribution in [-0.2, 0) is 11.2 Å². The van der Waals surface area contributed by atoms with Gasteiger partial charge in [-0.1, -0.05) is 0 Å². The van der Waals surface area contributed by atoms with Gasteiger partial charge in [-0.05, 0) is 37.9 Å². The number of nitrogens with one attached hydrogen (secondary N) is 3. The number of piperidine rings is 1. The average Bonchev–Trinajstić information content (AvgIpc) is 2.76. The van der Waals surface area contributed by atoms with Crippen LogP contribution in [0.5, 0.6) is 0 Å². The molecule has 0 spiro atoms. The van der Waals surface area contributed by atoms with Gasteiger partial charge in [0.2, 0.25) is 5.91 Å². The third kappa shape index (κ3) is 2.82. The molecular weight excluding hydrogens is 272 g/mol. The van der Waals surface area contributed by atoms with E-state index in [9.17, 15) is 14.9 Å². The highest BCUT2D eigenvalue weighted by atomic mass is 16.6. The number of carbonyl (C=O) groups excluding carboxylic acids is 1. The third-order valence-corrected chi connectivity index (χ3v) is 4.03. The maximum absolute atomic E-state index is 11.4. The Labute approximate surface area is 122 Å². The van der Waals surface area contributed by atoms with Gasteiger partial charge in [-0.25, -0.2) is 0 Å². The second-order valence-electron chi connectivity index (χ2n) is 5.73. The Bertz CT molecular complexity index is 602. The van der Waals surface area contributed by atoms with Gasteiger partial charge in [0.15, 0.2) is 0 Å². The van der Waals surface area contributed by atoms with Crippen molar-refractivity contribution in [3.63, 3.8) is 0 Å². The second-order valence-corrected chi connectivity index (χ2v) is 5.73. The zero-order valence-electron chi connectivity index (χ0n) is 11.8. The van der Waals surface area contributed by atoms with E-state index in [1.807, 2.05) is 0 Å². The predicted octanol–water partition coefficient (Wildman–Crippen LogP) is 1.64. The quantitative estimate of drug-likeness (QED) is 0.581. The number of amides is 1. The fourth-order valence-corrected chi connectivity index (χ4v) is 3.01. The van der Waals surface area contributed by atoms with Gasteiger partial charge in [0.1, 0.15) is 5.69 Å². The molecule has 0 aliphatic carbocycles. The lowest BCUT2D eigenvalue weighted by molar-refractivity contribution is -0.384. The van der Waals surface area contributed by atoms with Crippen LogP contribution in [0.2, 0.25) is 0 Å². The third-order valence-electron chi connectivity index (χ3n) is 4.03. The van der Waals surface area contributed by atoms with Gasteiger partial charge in [-0.2, -0.15) is 0 Å². The summed E-state index contributed by atoms with van der Waals surface area (Å²) in [5, 5.41) is 20.6. The number of nitrogens with zero attached hydrogens (tertiary/aromatic N) is 1. The lowest BCUT2D eigenvalue weighted by atomic mass is 10.00. The van der Waals surface area contributed by atoms with E-state index < -0.39 is 4.92 Å². The summed E-state index contributed by atoms with van der Waals surface area (Å²) in [4.78, 5) is 22.3. The normalized spacial score (nSPS) is 24.3. The van der Waals surface area contributed by atoms with Crippen molar-refractivity contribution in [1.29, 1.82) is 0 Å². The molecule has 0 bridgehead atoms. The highest BCUT2D eigenvalue weighted by molar-refractivity contribution is 6.00. The number of hydrogen-bond donors (Lipinski definition) is 3. The molecule has 112 valence electrons. The van der Waals surface area contributed by atoms with E-state index in [2.05, 4.69) is 22.9 Å². The molecule has 0 radical (unpaired) electrons. The van der Waals surface area contributed by atoms with Gasteiger partial charge in [0.05, 0.1) is 11.3 Å². The van der Waals surface area contributed by atoms with Crippen molar-refractivity contribution in [3.8, 4) is 0 Å². The summed E-state index contributed by atoms with van der Waals surface area (Å²) >= 11 is 0. The van der Waals surface area contributed by atoms with Crippen molar-refractivity contribution in [2.75, 3.05) is 17.2 Å². The van der Waals surface area contributed by atoms with Crippen LogP contribution in [0.4, 0.5) is 17.1 Å². The lowest BCUT2D eigenvalue weighted by Gasteiger charge is -2.29. The molecule has 2 aliphatic heterocycles. The molecule has 1 aromatic rings. The maximum Gasteiger partial charge on any atom is 0.292 e. The van der Waals surface area contributed by atoms with Crippen molar-refractivity contribution in [3.05, 3.63) is 27.8 Å². The summed E-state index contributed by atoms with van der Waals surface area (Å²) in [6.07, 6.45) is 2.05. The minimum absolute atomic E-state index is 0.0384. The van der Waals surface area contributed by atoms with Crippen molar-refractivity contribution in [2.24, 2.45) is 0 Å². The Morgan fingerprint density at radius 1 is 1.43 bits per heavy atom. The van der Waals surface area contributed by atoms with E-state index in [1.54, 1.807) is 6.07 Å². The topological polar surface area (TPSA) is 96.3 Å². The van der Waals surface area contributed by atoms with Gasteiger partial charge in [-0.15, -0.1) is 0 Å². The molecule has 2 unspecified atom stereocenters. The molecule has 3 N–H and O–H groups in total. The molecule has 1 aromatic carbocycles. The van der Waals surface area contributed by atoms with E-state index in [4.69, 9.17) is 0 Å². The molecule has 21 heavy (non-hydrogen) atoms. The highest BCUT2D eigenvalue weighted by Crippen LogP contribution is 2.35. The van der Waals surface area contributed by atoms with Crippen LogP contribution in [0, 0.1) is 10.1 Å². The van der Waals surface area contributed by atoms with E-state index in [-0.39, 0.29) is 24.1 Å². The molecule has 1 amide bonds. The maximum atomic E-state index is 11.4. The molecule has 1 fully saturated rings. The summed E-state index contributed by atoms with van der Waals surface area (Å²) in [7, 11) is 0. The van der Waals surface area contributed by atoms with Crippen molar-refractivity contribution < 1.29 is 9.72 Å². The molecule has 3 rings (SSSR count). The first kappa shape index (κ1) is 13.8. The lowest BCUT2D eigenvalue weighted by Crippen LogP contribution is -2.41. The van der Waals surface area contributed by atoms with Gasteiger partial charge in [-0.3, -0.25) is 14.9 Å². The van der Waals surface area contributed by atoms with E-state index >= 15 is 0 Å². The summed E-state index contributed by atoms with van der Waals surface area (Å²) < 4.78 is 0. The van der Waals surface area contributed by atoms with E-state index in [0.717, 1.165) is 19.4 Å². The molecule has 2 heterocycles. The molecule has 0 aromatic heterocycles. The molecule has 2 atom stereocenters. The Morgan fingerprint density at radius 3 is 2.95 bits per heavy atom. The van der Waals surface area contributed by atoms with Gasteiger partial charge in [0, 0.05) is 23.8 Å². The van der Waals surface area contributed by atoms with Crippen LogP contribution >= 0.6 is 0 Å². The Morgan fingerprint density at radius 2 is 2.24 bits per heavy atom. The smallest absolute Gasteiger partial charge is 0.292 e. The standard InChI is InChI=1S/C14H18N4O3/c1-8-4-10(2-3-15-8)16-12-7-11-9(6-14(19)17-11)5-13(12)18(20)21/h5,7-8,10,15-16H,2-4,6H2,1H3,(H,17,19). The first-order valence-corrected chi connectivity index (χ1v) is 7.14. The van der Waals surface area contributed by atoms with Crippen LogP contribution in [-0.4, -0.2) is 29.5 Å². The fourth-order valence-electron chi connectivity index (χ4n) is 3.01. The van der Waals surface area contributed by atoms with Crippen LogP contribution in [0.15, 0.2) is 12.1 Å². The number of fused-ring (bicyclic) bond motifs is 1. The van der Waals surface area contributed by atoms with E-state index in [0.29, 0.717) is 23.0 Å². The summed E-state index contributed by atoms with van der Waals surface area (Å²) in [6, 6.07) is 3.78. The van der Waals surface area contributed by atoms with Crippen molar-refractivity contribution >= 4 is 23.0 Å². The van der Waals surface area contributed by atoms with Gasteiger partial charge < -0.3 is 16.0 Å². The Hall–Kier alpha value is -2.15. The minimum Gasteiger partial charge on any atom is -0.377 e. The Kier molecular flexibility index (Phi) is 3.50. The number of carbonyl (C=O) groups is 1. The van der Waals surface area contributed by atoms with Crippen molar-refractivity contribution in [1.82, 2.24) is 5.32 Å². The molecular formula is C14H18N4O3. The fraction of sp³-hybridized carbons (Fsp3) is 0.500. The first-order valence-electron chi connectivity index (χ1n) is 7.14. The largest absolute Gasteiger partial charge is 0.377 e. The number of benzene rings is 1. The molecule has 0 saturated carbocycles. The minimum atomic E-state index is -0.393. The SMILES string of the molecule is CC1CC(Nc2cc3c(cc2[N+](=O)[O-])CC(=O)N3)CCN1. The molecule has 1 saturated heterocycles. The zero-order valence-corrected chi connectivity index (χ0v) is 11.8. The molecule has 7 nitrogen and oxygen atoms in total. The number of rotatable bonds is 3. The zero-order chi connectivity index (χ0) is 15.0.